The van der Waals surface area contributed by atoms with Crippen molar-refractivity contribution in [3.05, 3.63) is 23.2 Å². The van der Waals surface area contributed by atoms with Gasteiger partial charge in [0.15, 0.2) is 5.96 Å². The Morgan fingerprint density at radius 3 is 2.90 bits per heavy atom. The van der Waals surface area contributed by atoms with E-state index in [0.717, 1.165) is 18.5 Å². The summed E-state index contributed by atoms with van der Waals surface area (Å²) in [5, 5.41) is 3.57. The molecule has 2 rings (SSSR count). The number of benzene rings is 1. The minimum Gasteiger partial charge on any atom is -0.495 e. The van der Waals surface area contributed by atoms with Crippen LogP contribution in [0.15, 0.2) is 23.2 Å². The zero-order chi connectivity index (χ0) is 15.2. The molecule has 0 heterocycles. The van der Waals surface area contributed by atoms with Gasteiger partial charge in [0, 0.05) is 25.3 Å². The Morgan fingerprint density at radius 1 is 1.43 bits per heavy atom. The fourth-order valence-electron chi connectivity index (χ4n) is 2.67. The van der Waals surface area contributed by atoms with Crippen molar-refractivity contribution in [3.63, 3.8) is 0 Å². The van der Waals surface area contributed by atoms with Crippen molar-refractivity contribution in [1.29, 1.82) is 0 Å². The van der Waals surface area contributed by atoms with Gasteiger partial charge in [0.1, 0.15) is 5.75 Å². The molecule has 5 nitrogen and oxygen atoms in total. The molecule has 116 valence electrons. The van der Waals surface area contributed by atoms with Gasteiger partial charge in [-0.25, -0.2) is 0 Å². The lowest BCUT2D eigenvalue weighted by Gasteiger charge is -2.16. The Bertz CT molecular complexity index is 508. The Labute approximate surface area is 130 Å². The van der Waals surface area contributed by atoms with Crippen molar-refractivity contribution in [2.75, 3.05) is 26.1 Å². The van der Waals surface area contributed by atoms with E-state index in [0.29, 0.717) is 35.3 Å². The zero-order valence-electron chi connectivity index (χ0n) is 12.4. The molecule has 1 saturated carbocycles. The van der Waals surface area contributed by atoms with Crippen LogP contribution < -0.4 is 15.8 Å². The Kier molecular flexibility index (Phi) is 5.70. The molecule has 2 atom stereocenters. The van der Waals surface area contributed by atoms with Gasteiger partial charge < -0.3 is 20.5 Å². The van der Waals surface area contributed by atoms with Crippen molar-refractivity contribution in [2.24, 2.45) is 16.6 Å². The van der Waals surface area contributed by atoms with Crippen LogP contribution in [0.5, 0.6) is 5.75 Å². The van der Waals surface area contributed by atoms with Crippen molar-refractivity contribution in [3.8, 4) is 5.75 Å². The number of nitrogens with zero attached hydrogens (tertiary/aromatic N) is 1. The van der Waals surface area contributed by atoms with E-state index in [-0.39, 0.29) is 0 Å². The second-order valence-electron chi connectivity index (χ2n) is 5.17. The maximum atomic E-state index is 6.07. The quantitative estimate of drug-likeness (QED) is 0.648. The van der Waals surface area contributed by atoms with Crippen LogP contribution in [0.1, 0.15) is 19.3 Å². The van der Waals surface area contributed by atoms with Crippen LogP contribution in [-0.2, 0) is 4.74 Å². The van der Waals surface area contributed by atoms with Crippen LogP contribution in [0.4, 0.5) is 5.69 Å². The number of methoxy groups -OCH3 is 2. The van der Waals surface area contributed by atoms with E-state index in [1.54, 1.807) is 26.4 Å². The fourth-order valence-corrected chi connectivity index (χ4v) is 2.93. The van der Waals surface area contributed by atoms with Crippen molar-refractivity contribution >= 4 is 23.2 Å². The molecule has 0 aliphatic heterocycles. The van der Waals surface area contributed by atoms with Crippen LogP contribution in [0.3, 0.4) is 0 Å². The maximum Gasteiger partial charge on any atom is 0.193 e. The highest BCUT2D eigenvalue weighted by Gasteiger charge is 2.26. The number of guanidine groups is 1. The third-order valence-electron chi connectivity index (χ3n) is 3.81. The molecule has 0 bridgehead atoms. The van der Waals surface area contributed by atoms with Gasteiger partial charge in [0.05, 0.1) is 18.2 Å². The summed E-state index contributed by atoms with van der Waals surface area (Å²) in [5.74, 6) is 1.47. The molecule has 1 fully saturated rings. The van der Waals surface area contributed by atoms with Gasteiger partial charge in [-0.2, -0.15) is 0 Å². The van der Waals surface area contributed by atoms with E-state index in [9.17, 15) is 0 Å². The van der Waals surface area contributed by atoms with Crippen molar-refractivity contribution in [2.45, 2.75) is 25.4 Å². The topological polar surface area (TPSA) is 68.9 Å². The van der Waals surface area contributed by atoms with E-state index < -0.39 is 0 Å². The van der Waals surface area contributed by atoms with Gasteiger partial charge in [-0.1, -0.05) is 18.0 Å². The first-order valence-electron chi connectivity index (χ1n) is 7.07. The normalized spacial score (nSPS) is 22.3. The second-order valence-corrected chi connectivity index (χ2v) is 5.57. The minimum atomic E-state index is 0.303. The average Bonchev–Trinajstić information content (AvgIpc) is 2.93. The summed E-state index contributed by atoms with van der Waals surface area (Å²) >= 11 is 6.07. The first kappa shape index (κ1) is 15.9. The standard InChI is InChI=1S/C15H22ClN3O2/c1-20-13-5-3-4-10(13)9-18-15(17)19-11-6-7-14(21-2)12(16)8-11/h6-8,10,13H,3-5,9H2,1-2H3,(H3,17,18,19). The van der Waals surface area contributed by atoms with E-state index in [1.807, 2.05) is 6.07 Å². The average molecular weight is 312 g/mol. The van der Waals surface area contributed by atoms with Gasteiger partial charge in [0.25, 0.3) is 0 Å². The van der Waals surface area contributed by atoms with Gasteiger partial charge >= 0.3 is 0 Å². The number of rotatable bonds is 5. The van der Waals surface area contributed by atoms with Gasteiger partial charge in [-0.05, 0) is 31.0 Å². The summed E-state index contributed by atoms with van der Waals surface area (Å²) < 4.78 is 10.6. The van der Waals surface area contributed by atoms with E-state index in [4.69, 9.17) is 26.8 Å². The first-order chi connectivity index (χ1) is 10.1. The maximum absolute atomic E-state index is 6.07. The minimum absolute atomic E-state index is 0.303. The summed E-state index contributed by atoms with van der Waals surface area (Å²) in [5.41, 5.74) is 6.70. The molecule has 1 aromatic carbocycles. The highest BCUT2D eigenvalue weighted by Crippen LogP contribution is 2.28. The predicted octanol–water partition coefficient (Wildman–Crippen LogP) is 2.89. The summed E-state index contributed by atoms with van der Waals surface area (Å²) in [4.78, 5) is 4.40. The van der Waals surface area contributed by atoms with Gasteiger partial charge in [-0.3, -0.25) is 4.99 Å². The van der Waals surface area contributed by atoms with Crippen molar-refractivity contribution < 1.29 is 9.47 Å². The van der Waals surface area contributed by atoms with Crippen LogP contribution in [0.25, 0.3) is 0 Å². The third kappa shape index (κ3) is 4.25. The number of hydrogen-bond donors (Lipinski definition) is 2. The summed E-state index contributed by atoms with van der Waals surface area (Å²) in [6, 6.07) is 5.40. The number of aliphatic imine (C=N–C) groups is 1. The lowest BCUT2D eigenvalue weighted by molar-refractivity contribution is 0.0743. The summed E-state index contributed by atoms with van der Waals surface area (Å²) in [6.07, 6.45) is 3.75. The molecular weight excluding hydrogens is 290 g/mol. The summed E-state index contributed by atoms with van der Waals surface area (Å²) in [6.45, 7) is 0.682. The zero-order valence-corrected chi connectivity index (χ0v) is 13.2. The first-order valence-corrected chi connectivity index (χ1v) is 7.45. The number of ether oxygens (including phenoxy) is 2. The number of nitrogens with one attached hydrogen (secondary N) is 1. The molecule has 0 amide bonds. The SMILES string of the molecule is COc1ccc(NC(N)=NCC2CCCC2OC)cc1Cl. The van der Waals surface area contributed by atoms with E-state index >= 15 is 0 Å². The van der Waals surface area contributed by atoms with Crippen LogP contribution in [0, 0.1) is 5.92 Å². The third-order valence-corrected chi connectivity index (χ3v) is 4.11. The molecule has 1 aromatic rings. The largest absolute Gasteiger partial charge is 0.495 e. The molecule has 3 N–H and O–H groups in total. The number of hydrogen-bond acceptors (Lipinski definition) is 3. The van der Waals surface area contributed by atoms with E-state index in [2.05, 4.69) is 10.3 Å². The molecule has 1 aliphatic rings. The predicted molar refractivity (Wildman–Crippen MR) is 86.3 cm³/mol. The molecule has 0 aromatic heterocycles. The monoisotopic (exact) mass is 311 g/mol. The van der Waals surface area contributed by atoms with Crippen LogP contribution >= 0.6 is 11.6 Å². The Hall–Kier alpha value is -1.46. The Balaban J connectivity index is 1.92. The second kappa shape index (κ2) is 7.52. The number of anilines is 1. The lowest BCUT2D eigenvalue weighted by atomic mass is 10.1. The van der Waals surface area contributed by atoms with Crippen molar-refractivity contribution in [1.82, 2.24) is 0 Å². The molecule has 1 aliphatic carbocycles. The van der Waals surface area contributed by atoms with E-state index in [1.165, 1.54) is 6.42 Å². The molecule has 2 unspecified atom stereocenters. The molecular formula is C15H22ClN3O2. The number of nitrogens with two attached hydrogens (primary N) is 1. The summed E-state index contributed by atoms with van der Waals surface area (Å²) in [7, 11) is 3.34. The lowest BCUT2D eigenvalue weighted by Crippen LogP contribution is -2.25. The molecule has 0 spiro atoms. The van der Waals surface area contributed by atoms with Crippen LogP contribution in [-0.4, -0.2) is 32.8 Å². The molecule has 6 heteroatoms. The Morgan fingerprint density at radius 2 is 2.24 bits per heavy atom. The smallest absolute Gasteiger partial charge is 0.193 e. The fraction of sp³-hybridized carbons (Fsp3) is 0.533. The molecule has 0 saturated heterocycles. The highest BCUT2D eigenvalue weighted by atomic mass is 35.5. The molecule has 0 radical (unpaired) electrons. The van der Waals surface area contributed by atoms with Gasteiger partial charge in [0.2, 0.25) is 0 Å². The van der Waals surface area contributed by atoms with Crippen LogP contribution in [0.2, 0.25) is 5.02 Å². The number of halogens is 1. The molecule has 21 heavy (non-hydrogen) atoms. The highest BCUT2D eigenvalue weighted by molar-refractivity contribution is 6.32. The van der Waals surface area contributed by atoms with Gasteiger partial charge in [-0.15, -0.1) is 0 Å².